The molecule has 1 aromatic heterocycles. The largest absolute Gasteiger partial charge is 0.419 e. The van der Waals surface area contributed by atoms with Crippen molar-refractivity contribution in [3.8, 4) is 11.5 Å². The van der Waals surface area contributed by atoms with Crippen molar-refractivity contribution in [1.82, 2.24) is 4.98 Å². The molecule has 0 aliphatic heterocycles. The molecule has 0 unspecified atom stereocenters. The minimum atomic E-state index is -3.96. The van der Waals surface area contributed by atoms with Gasteiger partial charge in [0.15, 0.2) is 0 Å². The number of sulfone groups is 1. The van der Waals surface area contributed by atoms with Crippen LogP contribution in [0.5, 0.6) is 0 Å². The lowest BCUT2D eigenvalue weighted by Crippen LogP contribution is -2.07. The molecule has 4 aromatic rings. The Morgan fingerprint density at radius 1 is 0.968 bits per heavy atom. The van der Waals surface area contributed by atoms with Crippen LogP contribution in [0, 0.1) is 0 Å². The van der Waals surface area contributed by atoms with Crippen LogP contribution in [0.2, 0.25) is 10.0 Å². The third kappa shape index (κ3) is 4.80. The topological polar surface area (TPSA) is 72.2 Å². The Hall–Kier alpha value is -2.32. The fraction of sp³-hybridized carbons (Fsp3) is 0.0455. The van der Waals surface area contributed by atoms with Crippen LogP contribution in [0.25, 0.3) is 11.5 Å². The van der Waals surface area contributed by atoms with Gasteiger partial charge in [-0.2, -0.15) is 4.98 Å². The Kier molecular flexibility index (Phi) is 6.39. The Morgan fingerprint density at radius 2 is 1.68 bits per heavy atom. The lowest BCUT2D eigenvalue weighted by molar-refractivity contribution is 0.577. The van der Waals surface area contributed by atoms with E-state index in [1.165, 1.54) is 12.1 Å². The lowest BCUT2D eigenvalue weighted by atomic mass is 10.2. The van der Waals surface area contributed by atoms with Gasteiger partial charge < -0.3 is 9.73 Å². The average Bonchev–Trinajstić information content (AvgIpc) is 3.18. The molecule has 4 rings (SSSR count). The maximum absolute atomic E-state index is 13.3. The number of rotatable bonds is 6. The molecule has 0 aliphatic rings. The number of aromatic nitrogens is 1. The van der Waals surface area contributed by atoms with Gasteiger partial charge in [-0.05, 0) is 48.0 Å². The summed E-state index contributed by atoms with van der Waals surface area (Å²) in [4.78, 5) is 4.40. The van der Waals surface area contributed by atoms with E-state index in [-0.39, 0.29) is 21.7 Å². The highest BCUT2D eigenvalue weighted by Gasteiger charge is 2.29. The molecule has 3 aromatic carbocycles. The van der Waals surface area contributed by atoms with Gasteiger partial charge in [0.25, 0.3) is 0 Å². The summed E-state index contributed by atoms with van der Waals surface area (Å²) >= 11 is 15.6. The van der Waals surface area contributed by atoms with E-state index in [1.807, 2.05) is 30.3 Å². The second kappa shape index (κ2) is 9.04. The van der Waals surface area contributed by atoms with Gasteiger partial charge in [-0.25, -0.2) is 8.42 Å². The number of nitrogens with one attached hydrogen (secondary N) is 1. The molecule has 5 nitrogen and oxygen atoms in total. The van der Waals surface area contributed by atoms with Crippen LogP contribution in [0.4, 0.5) is 5.88 Å². The van der Waals surface area contributed by atoms with Gasteiger partial charge in [-0.3, -0.25) is 0 Å². The molecule has 0 bridgehead atoms. The van der Waals surface area contributed by atoms with Crippen LogP contribution in [0.1, 0.15) is 5.56 Å². The van der Waals surface area contributed by atoms with Crippen molar-refractivity contribution in [1.29, 1.82) is 0 Å². The van der Waals surface area contributed by atoms with Crippen molar-refractivity contribution >= 4 is 54.9 Å². The minimum Gasteiger partial charge on any atom is -0.419 e. The predicted octanol–water partition coefficient (Wildman–Crippen LogP) is 6.86. The molecule has 0 fully saturated rings. The molecule has 0 aliphatic carbocycles. The average molecular weight is 538 g/mol. The highest BCUT2D eigenvalue weighted by molar-refractivity contribution is 9.10. The summed E-state index contributed by atoms with van der Waals surface area (Å²) in [5.74, 6) is 0.112. The molecular formula is C22H15BrCl2N2O3S. The molecule has 0 saturated heterocycles. The number of halogens is 3. The summed E-state index contributed by atoms with van der Waals surface area (Å²) in [6.07, 6.45) is 0. The van der Waals surface area contributed by atoms with E-state index in [1.54, 1.807) is 30.3 Å². The van der Waals surface area contributed by atoms with Gasteiger partial charge in [-0.1, -0.05) is 69.5 Å². The van der Waals surface area contributed by atoms with Crippen molar-refractivity contribution in [3.63, 3.8) is 0 Å². The SMILES string of the molecule is O=S(=O)(c1ccc(Br)cc1)c1nc(-c2ccc(Cl)cc2Cl)oc1NCc1ccccc1. The van der Waals surface area contributed by atoms with E-state index in [0.29, 0.717) is 22.2 Å². The van der Waals surface area contributed by atoms with Crippen molar-refractivity contribution in [2.45, 2.75) is 16.5 Å². The normalized spacial score (nSPS) is 11.5. The molecule has 0 saturated carbocycles. The first kappa shape index (κ1) is 21.9. The molecule has 158 valence electrons. The van der Waals surface area contributed by atoms with Crippen LogP contribution in [-0.2, 0) is 16.4 Å². The summed E-state index contributed by atoms with van der Waals surface area (Å²) in [5, 5.41) is 3.59. The predicted molar refractivity (Wildman–Crippen MR) is 125 cm³/mol. The van der Waals surface area contributed by atoms with Crippen LogP contribution < -0.4 is 5.32 Å². The summed E-state index contributed by atoms with van der Waals surface area (Å²) in [5.41, 5.74) is 1.39. The maximum Gasteiger partial charge on any atom is 0.234 e. The highest BCUT2D eigenvalue weighted by atomic mass is 79.9. The van der Waals surface area contributed by atoms with Gasteiger partial charge in [0.1, 0.15) is 0 Å². The Bertz CT molecular complexity index is 1320. The number of oxazole rings is 1. The Morgan fingerprint density at radius 3 is 2.35 bits per heavy atom. The van der Waals surface area contributed by atoms with Gasteiger partial charge in [-0.15, -0.1) is 0 Å². The van der Waals surface area contributed by atoms with E-state index >= 15 is 0 Å². The molecular weight excluding hydrogens is 523 g/mol. The molecule has 0 radical (unpaired) electrons. The number of nitrogens with zero attached hydrogens (tertiary/aromatic N) is 1. The zero-order valence-electron chi connectivity index (χ0n) is 15.8. The second-order valence-corrected chi connectivity index (χ2v) is 10.2. The maximum atomic E-state index is 13.3. The van der Waals surface area contributed by atoms with Gasteiger partial charge >= 0.3 is 0 Å². The van der Waals surface area contributed by atoms with Gasteiger partial charge in [0, 0.05) is 16.0 Å². The number of benzene rings is 3. The third-order valence-electron chi connectivity index (χ3n) is 4.43. The Balaban J connectivity index is 1.79. The van der Waals surface area contributed by atoms with E-state index in [2.05, 4.69) is 26.2 Å². The summed E-state index contributed by atoms with van der Waals surface area (Å²) < 4.78 is 33.3. The van der Waals surface area contributed by atoms with E-state index in [9.17, 15) is 8.42 Å². The van der Waals surface area contributed by atoms with Crippen molar-refractivity contribution < 1.29 is 12.8 Å². The molecule has 1 heterocycles. The number of hydrogen-bond donors (Lipinski definition) is 1. The van der Waals surface area contributed by atoms with Crippen molar-refractivity contribution in [2.24, 2.45) is 0 Å². The van der Waals surface area contributed by atoms with Crippen LogP contribution >= 0.6 is 39.1 Å². The van der Waals surface area contributed by atoms with Crippen LogP contribution in [-0.4, -0.2) is 13.4 Å². The molecule has 0 atom stereocenters. The lowest BCUT2D eigenvalue weighted by Gasteiger charge is -2.06. The first-order chi connectivity index (χ1) is 14.8. The number of hydrogen-bond acceptors (Lipinski definition) is 5. The highest BCUT2D eigenvalue weighted by Crippen LogP contribution is 2.36. The first-order valence-electron chi connectivity index (χ1n) is 9.09. The zero-order valence-corrected chi connectivity index (χ0v) is 19.8. The summed E-state index contributed by atoms with van der Waals surface area (Å²) in [7, 11) is -3.96. The zero-order chi connectivity index (χ0) is 22.0. The van der Waals surface area contributed by atoms with E-state index in [0.717, 1.165) is 10.0 Å². The van der Waals surface area contributed by atoms with E-state index in [4.69, 9.17) is 27.6 Å². The van der Waals surface area contributed by atoms with Gasteiger partial charge in [0.2, 0.25) is 26.6 Å². The quantitative estimate of drug-likeness (QED) is 0.291. The second-order valence-electron chi connectivity index (χ2n) is 6.57. The smallest absolute Gasteiger partial charge is 0.234 e. The fourth-order valence-corrected chi connectivity index (χ4v) is 4.91. The molecule has 0 amide bonds. The first-order valence-corrected chi connectivity index (χ1v) is 12.1. The standard InChI is InChI=1S/C22H15BrCl2N2O3S/c23-15-6-9-17(10-7-15)31(28,29)22-21(26-13-14-4-2-1-3-5-14)30-20(27-22)18-11-8-16(24)12-19(18)25/h1-12,26H,13H2. The minimum absolute atomic E-state index is 0.0350. The molecule has 31 heavy (non-hydrogen) atoms. The van der Waals surface area contributed by atoms with Gasteiger partial charge in [0.05, 0.1) is 15.5 Å². The van der Waals surface area contributed by atoms with Crippen LogP contribution in [0.15, 0.2) is 91.6 Å². The molecule has 9 heteroatoms. The fourth-order valence-electron chi connectivity index (χ4n) is 2.88. The molecule has 0 spiro atoms. The summed E-state index contributed by atoms with van der Waals surface area (Å²) in [6.45, 7) is 0.354. The third-order valence-corrected chi connectivity index (χ3v) is 7.19. The number of anilines is 1. The van der Waals surface area contributed by atoms with E-state index < -0.39 is 9.84 Å². The Labute approximate surface area is 198 Å². The van der Waals surface area contributed by atoms with Crippen molar-refractivity contribution in [2.75, 3.05) is 5.32 Å². The monoisotopic (exact) mass is 536 g/mol. The summed E-state index contributed by atoms with van der Waals surface area (Å²) in [6, 6.07) is 20.7. The van der Waals surface area contributed by atoms with Crippen LogP contribution in [0.3, 0.4) is 0 Å². The molecule has 1 N–H and O–H groups in total. The van der Waals surface area contributed by atoms with Crippen molar-refractivity contribution in [3.05, 3.63) is 92.9 Å².